The first-order valence-corrected chi connectivity index (χ1v) is 3.59. The van der Waals surface area contributed by atoms with E-state index in [1.807, 2.05) is 19.3 Å². The summed E-state index contributed by atoms with van der Waals surface area (Å²) >= 11 is 0. The van der Waals surface area contributed by atoms with E-state index < -0.39 is 0 Å². The molecule has 62 valence electrons. The zero-order chi connectivity index (χ0) is 8.10. The molecule has 0 amide bonds. The average Bonchev–Trinajstić information content (AvgIpc) is 2.37. The molecule has 1 rings (SSSR count). The van der Waals surface area contributed by atoms with Gasteiger partial charge in [0.15, 0.2) is 0 Å². The van der Waals surface area contributed by atoms with Crippen LogP contribution >= 0.6 is 0 Å². The summed E-state index contributed by atoms with van der Waals surface area (Å²) in [7, 11) is 1.88. The predicted octanol–water partition coefficient (Wildman–Crippen LogP) is -0.105. The molecule has 0 spiro atoms. The van der Waals surface area contributed by atoms with Crippen molar-refractivity contribution in [1.29, 1.82) is 0 Å². The van der Waals surface area contributed by atoms with Crippen molar-refractivity contribution in [3.8, 4) is 0 Å². The van der Waals surface area contributed by atoms with Gasteiger partial charge in [-0.2, -0.15) is 5.10 Å². The highest BCUT2D eigenvalue weighted by atomic mass is 16.5. The third kappa shape index (κ3) is 2.69. The van der Waals surface area contributed by atoms with E-state index in [1.54, 1.807) is 4.68 Å². The van der Waals surface area contributed by atoms with Crippen molar-refractivity contribution < 1.29 is 4.74 Å². The van der Waals surface area contributed by atoms with E-state index in [0.29, 0.717) is 19.8 Å². The van der Waals surface area contributed by atoms with Gasteiger partial charge in [0.2, 0.25) is 0 Å². The maximum absolute atomic E-state index is 5.25. The summed E-state index contributed by atoms with van der Waals surface area (Å²) in [5.74, 6) is 0. The Bertz CT molecular complexity index is 209. The summed E-state index contributed by atoms with van der Waals surface area (Å²) < 4.78 is 6.93. The number of aryl methyl sites for hydroxylation is 1. The molecule has 4 heteroatoms. The van der Waals surface area contributed by atoms with Gasteiger partial charge < -0.3 is 10.5 Å². The molecule has 0 bridgehead atoms. The van der Waals surface area contributed by atoms with Crippen molar-refractivity contribution in [2.24, 2.45) is 12.8 Å². The average molecular weight is 155 g/mol. The minimum absolute atomic E-state index is 0.554. The van der Waals surface area contributed by atoms with Gasteiger partial charge in [-0.25, -0.2) is 0 Å². The molecule has 4 nitrogen and oxygen atoms in total. The summed E-state index contributed by atoms with van der Waals surface area (Å²) in [6.07, 6.45) is 1.89. The molecule has 0 atom stereocenters. The number of ether oxygens (including phenoxy) is 1. The Kier molecular flexibility index (Phi) is 3.07. The van der Waals surface area contributed by atoms with Crippen LogP contribution in [0.25, 0.3) is 0 Å². The fraction of sp³-hybridized carbons (Fsp3) is 0.571. The lowest BCUT2D eigenvalue weighted by Crippen LogP contribution is -2.08. The van der Waals surface area contributed by atoms with Crippen LogP contribution in [0.15, 0.2) is 12.3 Å². The Labute approximate surface area is 66.0 Å². The van der Waals surface area contributed by atoms with Gasteiger partial charge in [-0.3, -0.25) is 4.68 Å². The Morgan fingerprint density at radius 3 is 3.09 bits per heavy atom. The van der Waals surface area contributed by atoms with Crippen LogP contribution < -0.4 is 5.73 Å². The monoisotopic (exact) mass is 155 g/mol. The van der Waals surface area contributed by atoms with Crippen molar-refractivity contribution in [3.05, 3.63) is 18.0 Å². The molecular weight excluding hydrogens is 142 g/mol. The quantitative estimate of drug-likeness (QED) is 0.617. The van der Waals surface area contributed by atoms with E-state index in [9.17, 15) is 0 Å². The number of nitrogens with two attached hydrogens (primary N) is 1. The third-order valence-corrected chi connectivity index (χ3v) is 1.28. The predicted molar refractivity (Wildman–Crippen MR) is 41.9 cm³/mol. The van der Waals surface area contributed by atoms with Crippen LogP contribution in [0.5, 0.6) is 0 Å². The number of aromatic nitrogens is 2. The molecular formula is C7H13N3O. The second-order valence-electron chi connectivity index (χ2n) is 2.32. The van der Waals surface area contributed by atoms with Gasteiger partial charge in [0.05, 0.1) is 18.9 Å². The van der Waals surface area contributed by atoms with E-state index in [2.05, 4.69) is 5.10 Å². The Morgan fingerprint density at radius 2 is 2.55 bits per heavy atom. The molecule has 0 aliphatic rings. The van der Waals surface area contributed by atoms with Crippen LogP contribution in [-0.4, -0.2) is 22.9 Å². The van der Waals surface area contributed by atoms with Gasteiger partial charge in [-0.15, -0.1) is 0 Å². The van der Waals surface area contributed by atoms with E-state index in [0.717, 1.165) is 5.69 Å². The topological polar surface area (TPSA) is 53.1 Å². The number of nitrogens with zero attached hydrogens (tertiary/aromatic N) is 2. The number of hydrogen-bond donors (Lipinski definition) is 1. The number of hydrogen-bond acceptors (Lipinski definition) is 3. The van der Waals surface area contributed by atoms with E-state index in [-0.39, 0.29) is 0 Å². The fourth-order valence-corrected chi connectivity index (χ4v) is 0.800. The molecule has 0 radical (unpaired) electrons. The van der Waals surface area contributed by atoms with Crippen molar-refractivity contribution in [3.63, 3.8) is 0 Å². The van der Waals surface area contributed by atoms with Crippen molar-refractivity contribution >= 4 is 0 Å². The highest BCUT2D eigenvalue weighted by Gasteiger charge is 1.94. The summed E-state index contributed by atoms with van der Waals surface area (Å²) in [5, 5.41) is 4.13. The molecule has 0 saturated heterocycles. The smallest absolute Gasteiger partial charge is 0.0907 e. The SMILES string of the molecule is Cn1ccc(COCCN)n1. The molecule has 1 heterocycles. The van der Waals surface area contributed by atoms with Crippen LogP contribution in [0.1, 0.15) is 5.69 Å². The molecule has 0 fully saturated rings. The van der Waals surface area contributed by atoms with E-state index in [1.165, 1.54) is 0 Å². The minimum Gasteiger partial charge on any atom is -0.374 e. The molecule has 0 aliphatic heterocycles. The first-order chi connectivity index (χ1) is 5.33. The van der Waals surface area contributed by atoms with Crippen LogP contribution in [0.2, 0.25) is 0 Å². The zero-order valence-electron chi connectivity index (χ0n) is 6.66. The second kappa shape index (κ2) is 4.10. The molecule has 1 aromatic heterocycles. The molecule has 1 aromatic rings. The largest absolute Gasteiger partial charge is 0.374 e. The van der Waals surface area contributed by atoms with E-state index >= 15 is 0 Å². The Morgan fingerprint density at radius 1 is 1.73 bits per heavy atom. The van der Waals surface area contributed by atoms with E-state index in [4.69, 9.17) is 10.5 Å². The van der Waals surface area contributed by atoms with Gasteiger partial charge in [-0.05, 0) is 6.07 Å². The van der Waals surface area contributed by atoms with Crippen molar-refractivity contribution in [2.45, 2.75) is 6.61 Å². The lowest BCUT2D eigenvalue weighted by molar-refractivity contribution is 0.125. The van der Waals surface area contributed by atoms with Gasteiger partial charge in [-0.1, -0.05) is 0 Å². The molecule has 0 aliphatic carbocycles. The Hall–Kier alpha value is -0.870. The van der Waals surface area contributed by atoms with Gasteiger partial charge >= 0.3 is 0 Å². The highest BCUT2D eigenvalue weighted by Crippen LogP contribution is 1.95. The Balaban J connectivity index is 2.27. The molecule has 0 saturated carbocycles. The number of rotatable bonds is 4. The minimum atomic E-state index is 0.554. The lowest BCUT2D eigenvalue weighted by Gasteiger charge is -1.97. The summed E-state index contributed by atoms with van der Waals surface area (Å²) in [6.45, 7) is 1.71. The first kappa shape index (κ1) is 8.23. The van der Waals surface area contributed by atoms with Gasteiger partial charge in [0.1, 0.15) is 0 Å². The molecule has 0 aromatic carbocycles. The summed E-state index contributed by atoms with van der Waals surface area (Å²) in [4.78, 5) is 0. The van der Waals surface area contributed by atoms with Crippen molar-refractivity contribution in [2.75, 3.05) is 13.2 Å². The third-order valence-electron chi connectivity index (χ3n) is 1.28. The standard InChI is InChI=1S/C7H13N3O/c1-10-4-2-7(9-10)6-11-5-3-8/h2,4H,3,5-6,8H2,1H3. The summed E-state index contributed by atoms with van der Waals surface area (Å²) in [5.41, 5.74) is 6.19. The lowest BCUT2D eigenvalue weighted by atomic mass is 10.5. The van der Waals surface area contributed by atoms with Crippen LogP contribution in [0, 0.1) is 0 Å². The van der Waals surface area contributed by atoms with Crippen LogP contribution in [0.3, 0.4) is 0 Å². The van der Waals surface area contributed by atoms with Crippen LogP contribution in [0.4, 0.5) is 0 Å². The summed E-state index contributed by atoms with van der Waals surface area (Å²) in [6, 6.07) is 1.93. The van der Waals surface area contributed by atoms with Gasteiger partial charge in [0, 0.05) is 19.8 Å². The molecule has 2 N–H and O–H groups in total. The fourth-order valence-electron chi connectivity index (χ4n) is 0.800. The van der Waals surface area contributed by atoms with Gasteiger partial charge in [0.25, 0.3) is 0 Å². The molecule has 11 heavy (non-hydrogen) atoms. The normalized spacial score (nSPS) is 10.4. The first-order valence-electron chi connectivity index (χ1n) is 3.59. The zero-order valence-corrected chi connectivity index (χ0v) is 6.66. The molecule has 0 unspecified atom stereocenters. The maximum Gasteiger partial charge on any atom is 0.0907 e. The van der Waals surface area contributed by atoms with Crippen LogP contribution in [-0.2, 0) is 18.4 Å². The second-order valence-corrected chi connectivity index (χ2v) is 2.32. The highest BCUT2D eigenvalue weighted by molar-refractivity contribution is 4.96. The maximum atomic E-state index is 5.25. The van der Waals surface area contributed by atoms with Crippen molar-refractivity contribution in [1.82, 2.24) is 9.78 Å².